The molecule has 0 spiro atoms. The van der Waals surface area contributed by atoms with E-state index in [2.05, 4.69) is 0 Å². The first-order valence-corrected chi connectivity index (χ1v) is 3.86. The highest BCUT2D eigenvalue weighted by Crippen LogP contribution is 2.06. The van der Waals surface area contributed by atoms with Gasteiger partial charge in [-0.1, -0.05) is 4.48 Å². The summed E-state index contributed by atoms with van der Waals surface area (Å²) in [6.07, 6.45) is 0.721. The second-order valence-electron chi connectivity index (χ2n) is 2.64. The molecule has 1 aromatic heterocycles. The smallest absolute Gasteiger partial charge is 0.260 e. The molecule has 6 heteroatoms. The number of furan rings is 1. The zero-order valence-corrected chi connectivity index (χ0v) is 7.27. The van der Waals surface area contributed by atoms with Crippen molar-refractivity contribution in [2.24, 2.45) is 5.73 Å². The van der Waals surface area contributed by atoms with Gasteiger partial charge in [0.05, 0.1) is 6.26 Å². The van der Waals surface area contributed by atoms with Crippen LogP contribution in [0.15, 0.2) is 22.8 Å². The molecule has 0 saturated heterocycles. The van der Waals surface area contributed by atoms with Crippen LogP contribution in [0, 0.1) is 0 Å². The molecule has 0 radical (unpaired) electrons. The van der Waals surface area contributed by atoms with Crippen LogP contribution >= 0.6 is 0 Å². The zero-order valence-electron chi connectivity index (χ0n) is 7.27. The highest BCUT2D eigenvalue weighted by Gasteiger charge is 2.16. The fourth-order valence-electron chi connectivity index (χ4n) is 0.862. The zero-order chi connectivity index (χ0) is 10.6. The molecule has 2 amide bonds. The second-order valence-corrected chi connectivity index (χ2v) is 2.64. The number of nitrogens with two attached hydrogens (primary N) is 1. The van der Waals surface area contributed by atoms with Crippen molar-refractivity contribution >= 4 is 11.8 Å². The van der Waals surface area contributed by atoms with Gasteiger partial charge in [0.25, 0.3) is 5.91 Å². The molecule has 1 rings (SSSR count). The molecule has 5 nitrogen and oxygen atoms in total. The van der Waals surface area contributed by atoms with Gasteiger partial charge in [0.15, 0.2) is 0 Å². The van der Waals surface area contributed by atoms with Crippen molar-refractivity contribution in [2.45, 2.75) is 13.0 Å². The maximum atomic E-state index is 12.9. The van der Waals surface area contributed by atoms with Crippen molar-refractivity contribution in [1.29, 1.82) is 0 Å². The largest absolute Gasteiger partial charge is 0.467 e. The van der Waals surface area contributed by atoms with E-state index in [1.54, 1.807) is 6.07 Å². The number of nitrogens with zero attached hydrogens (tertiary/aromatic N) is 1. The maximum absolute atomic E-state index is 12.9. The molecule has 2 N–H and O–H groups in total. The Balaban J connectivity index is 2.46. The van der Waals surface area contributed by atoms with Gasteiger partial charge >= 0.3 is 0 Å². The molecule has 0 atom stereocenters. The average molecular weight is 200 g/mol. The van der Waals surface area contributed by atoms with Crippen molar-refractivity contribution in [3.05, 3.63) is 24.2 Å². The number of hydrogen-bond acceptors (Lipinski definition) is 3. The Hall–Kier alpha value is -1.85. The summed E-state index contributed by atoms with van der Waals surface area (Å²) in [6.45, 7) is -0.320. The van der Waals surface area contributed by atoms with E-state index < -0.39 is 18.2 Å². The Kier molecular flexibility index (Phi) is 3.22. The van der Waals surface area contributed by atoms with Crippen LogP contribution in [0.3, 0.4) is 0 Å². The Morgan fingerprint density at radius 1 is 1.57 bits per heavy atom. The highest BCUT2D eigenvalue weighted by molar-refractivity contribution is 5.95. The van der Waals surface area contributed by atoms with Crippen LogP contribution in [0.1, 0.15) is 12.2 Å². The number of carbonyl (C=O) groups excluding carboxylic acids is 2. The first-order valence-electron chi connectivity index (χ1n) is 3.86. The normalized spacial score (nSPS) is 9.79. The quantitative estimate of drug-likeness (QED) is 0.563. The van der Waals surface area contributed by atoms with E-state index in [9.17, 15) is 14.1 Å². The topological polar surface area (TPSA) is 76.5 Å². The van der Waals surface area contributed by atoms with Crippen LogP contribution in [0.4, 0.5) is 4.48 Å². The minimum absolute atomic E-state index is 0.108. The third-order valence-electron chi connectivity index (χ3n) is 1.47. The third kappa shape index (κ3) is 2.89. The fourth-order valence-corrected chi connectivity index (χ4v) is 0.862. The molecule has 0 aliphatic rings. The number of rotatable bonds is 4. The monoisotopic (exact) mass is 200 g/mol. The van der Waals surface area contributed by atoms with Crippen molar-refractivity contribution in [2.75, 3.05) is 0 Å². The minimum Gasteiger partial charge on any atom is -0.467 e. The summed E-state index contributed by atoms with van der Waals surface area (Å²) in [7, 11) is 0. The standard InChI is InChI=1S/C8H9FN2O3/c9-11(8(13)4-7(10)12)5-6-2-1-3-14-6/h1-3H,4-5H2,(H2,10,12). The number of carbonyl (C=O) groups is 2. The summed E-state index contributed by atoms with van der Waals surface area (Å²) in [5.74, 6) is -1.55. The van der Waals surface area contributed by atoms with Crippen LogP contribution in [-0.2, 0) is 16.1 Å². The summed E-state index contributed by atoms with van der Waals surface area (Å²) in [6, 6.07) is 3.09. The Morgan fingerprint density at radius 3 is 2.79 bits per heavy atom. The molecule has 1 heterocycles. The van der Waals surface area contributed by atoms with Gasteiger partial charge in [-0.25, -0.2) is 0 Å². The van der Waals surface area contributed by atoms with Gasteiger partial charge in [-0.15, -0.1) is 0 Å². The second kappa shape index (κ2) is 4.40. The Morgan fingerprint density at radius 2 is 2.29 bits per heavy atom. The molecule has 0 aliphatic heterocycles. The predicted octanol–water partition coefficient (Wildman–Crippen LogP) is 0.368. The van der Waals surface area contributed by atoms with Gasteiger partial charge in [-0.3, -0.25) is 9.59 Å². The van der Waals surface area contributed by atoms with E-state index in [1.165, 1.54) is 12.3 Å². The predicted molar refractivity (Wildman–Crippen MR) is 44.2 cm³/mol. The molecule has 0 aromatic carbocycles. The van der Waals surface area contributed by atoms with Crippen molar-refractivity contribution < 1.29 is 18.5 Å². The van der Waals surface area contributed by atoms with Crippen molar-refractivity contribution in [3.8, 4) is 0 Å². The Labute approximate surface area is 79.2 Å². The average Bonchev–Trinajstić information content (AvgIpc) is 2.55. The summed E-state index contributed by atoms with van der Waals surface area (Å²) in [5.41, 5.74) is 4.73. The summed E-state index contributed by atoms with van der Waals surface area (Å²) in [4.78, 5) is 21.2. The van der Waals surface area contributed by atoms with Crippen molar-refractivity contribution in [1.82, 2.24) is 5.12 Å². The molecule has 0 aliphatic carbocycles. The fraction of sp³-hybridized carbons (Fsp3) is 0.250. The van der Waals surface area contributed by atoms with Crippen LogP contribution in [0.2, 0.25) is 0 Å². The van der Waals surface area contributed by atoms with Gasteiger partial charge in [0.1, 0.15) is 18.7 Å². The third-order valence-corrected chi connectivity index (χ3v) is 1.47. The lowest BCUT2D eigenvalue weighted by Gasteiger charge is -2.08. The Bertz CT molecular complexity index is 323. The molecular weight excluding hydrogens is 191 g/mol. The minimum atomic E-state index is -0.978. The molecular formula is C8H9FN2O3. The van der Waals surface area contributed by atoms with Gasteiger partial charge in [-0.2, -0.15) is 5.12 Å². The maximum Gasteiger partial charge on any atom is 0.260 e. The molecule has 0 saturated carbocycles. The lowest BCUT2D eigenvalue weighted by Crippen LogP contribution is -2.27. The van der Waals surface area contributed by atoms with Gasteiger partial charge < -0.3 is 10.2 Å². The van der Waals surface area contributed by atoms with Crippen molar-refractivity contribution in [3.63, 3.8) is 0 Å². The van der Waals surface area contributed by atoms with Gasteiger partial charge in [0, 0.05) is 0 Å². The lowest BCUT2D eigenvalue weighted by molar-refractivity contribution is -0.150. The summed E-state index contributed by atoms with van der Waals surface area (Å²) < 4.78 is 17.7. The van der Waals surface area contributed by atoms with Crippen LogP contribution in [0.5, 0.6) is 0 Å². The van der Waals surface area contributed by atoms with E-state index in [0.29, 0.717) is 5.76 Å². The van der Waals surface area contributed by atoms with E-state index in [-0.39, 0.29) is 11.7 Å². The lowest BCUT2D eigenvalue weighted by atomic mass is 10.3. The molecule has 76 valence electrons. The SMILES string of the molecule is NC(=O)CC(=O)N(F)Cc1ccco1. The van der Waals surface area contributed by atoms with E-state index in [0.717, 1.165) is 0 Å². The first-order chi connectivity index (χ1) is 6.59. The first kappa shape index (κ1) is 10.2. The summed E-state index contributed by atoms with van der Waals surface area (Å²) >= 11 is 0. The summed E-state index contributed by atoms with van der Waals surface area (Å²) in [5, 5.41) is -0.108. The number of hydrogen-bond donors (Lipinski definition) is 1. The number of amides is 2. The molecule has 1 aromatic rings. The van der Waals surface area contributed by atoms with Gasteiger partial charge in [-0.05, 0) is 12.1 Å². The number of halogens is 1. The molecule has 0 bridgehead atoms. The molecule has 0 unspecified atom stereocenters. The van der Waals surface area contributed by atoms with E-state index in [4.69, 9.17) is 10.2 Å². The van der Waals surface area contributed by atoms with Crippen LogP contribution < -0.4 is 5.73 Å². The van der Waals surface area contributed by atoms with E-state index >= 15 is 0 Å². The highest BCUT2D eigenvalue weighted by atomic mass is 19.2. The number of primary amides is 1. The molecule has 14 heavy (non-hydrogen) atoms. The molecule has 0 fully saturated rings. The van der Waals surface area contributed by atoms with E-state index in [1.807, 2.05) is 0 Å². The van der Waals surface area contributed by atoms with Crippen LogP contribution in [0.25, 0.3) is 0 Å². The van der Waals surface area contributed by atoms with Crippen LogP contribution in [-0.4, -0.2) is 16.9 Å². The van der Waals surface area contributed by atoms with Gasteiger partial charge in [0.2, 0.25) is 5.91 Å².